The van der Waals surface area contributed by atoms with Crippen molar-refractivity contribution in [1.82, 2.24) is 15.5 Å². The number of hydrogen-bond donors (Lipinski definition) is 2. The smallest absolute Gasteiger partial charge is 0.0697 e. The molecule has 1 saturated carbocycles. The number of nitrogens with zero attached hydrogens (tertiary/aromatic N) is 1. The van der Waals surface area contributed by atoms with Crippen LogP contribution in [0.5, 0.6) is 0 Å². The van der Waals surface area contributed by atoms with Crippen LogP contribution in [-0.2, 0) is 0 Å². The average Bonchev–Trinajstić information content (AvgIpc) is 2.99. The van der Waals surface area contributed by atoms with Gasteiger partial charge in [0.2, 0.25) is 0 Å². The third-order valence-electron chi connectivity index (χ3n) is 4.53. The Labute approximate surface area is 103 Å². The molecule has 0 aromatic carbocycles. The van der Waals surface area contributed by atoms with Crippen LogP contribution in [-0.4, -0.2) is 23.3 Å². The molecule has 1 aliphatic carbocycles. The van der Waals surface area contributed by atoms with Crippen molar-refractivity contribution < 1.29 is 0 Å². The third kappa shape index (κ3) is 2.13. The summed E-state index contributed by atoms with van der Waals surface area (Å²) < 4.78 is 0. The van der Waals surface area contributed by atoms with Gasteiger partial charge in [-0.2, -0.15) is 5.10 Å². The molecule has 2 heterocycles. The van der Waals surface area contributed by atoms with Crippen molar-refractivity contribution in [3.63, 3.8) is 0 Å². The Kier molecular flexibility index (Phi) is 3.19. The third-order valence-corrected chi connectivity index (χ3v) is 4.53. The van der Waals surface area contributed by atoms with Crippen molar-refractivity contribution >= 4 is 0 Å². The Bertz CT molecular complexity index is 371. The highest BCUT2D eigenvalue weighted by molar-refractivity contribution is 5.30. The van der Waals surface area contributed by atoms with Gasteiger partial charge in [0, 0.05) is 24.1 Å². The zero-order valence-corrected chi connectivity index (χ0v) is 10.8. The average molecular weight is 233 g/mol. The summed E-state index contributed by atoms with van der Waals surface area (Å²) in [5.41, 5.74) is 4.22. The summed E-state index contributed by atoms with van der Waals surface area (Å²) in [6.07, 6.45) is 8.07. The number of rotatable bonds is 2. The largest absolute Gasteiger partial charge is 0.316 e. The fraction of sp³-hybridized carbons (Fsp3) is 0.786. The molecule has 3 heteroatoms. The van der Waals surface area contributed by atoms with E-state index in [1.54, 1.807) is 0 Å². The Morgan fingerprint density at radius 2 is 1.82 bits per heavy atom. The minimum atomic E-state index is 0.634. The van der Waals surface area contributed by atoms with E-state index in [1.165, 1.54) is 62.0 Å². The summed E-state index contributed by atoms with van der Waals surface area (Å²) in [4.78, 5) is 0. The molecule has 1 atom stereocenters. The molecular weight excluding hydrogens is 210 g/mol. The van der Waals surface area contributed by atoms with Crippen LogP contribution < -0.4 is 5.32 Å². The summed E-state index contributed by atoms with van der Waals surface area (Å²) >= 11 is 0. The van der Waals surface area contributed by atoms with Gasteiger partial charge in [-0.1, -0.05) is 12.8 Å². The lowest BCUT2D eigenvalue weighted by atomic mass is 9.91. The van der Waals surface area contributed by atoms with Crippen LogP contribution in [0.2, 0.25) is 0 Å². The van der Waals surface area contributed by atoms with E-state index in [0.29, 0.717) is 5.92 Å². The molecule has 17 heavy (non-hydrogen) atoms. The Morgan fingerprint density at radius 3 is 2.53 bits per heavy atom. The fourth-order valence-corrected chi connectivity index (χ4v) is 3.52. The second kappa shape index (κ2) is 4.81. The van der Waals surface area contributed by atoms with Crippen molar-refractivity contribution in [2.75, 3.05) is 13.1 Å². The molecule has 1 aliphatic heterocycles. The SMILES string of the molecule is Cc1c(C2CCCNC2)n[nH]c1C1CCCC1. The molecule has 3 nitrogen and oxygen atoms in total. The molecule has 2 aliphatic rings. The molecule has 0 bridgehead atoms. The standard InChI is InChI=1S/C14H23N3/c1-10-13(11-5-2-3-6-11)16-17-14(10)12-7-4-8-15-9-12/h11-12,15H,2-9H2,1H3,(H,16,17). The van der Waals surface area contributed by atoms with E-state index in [0.717, 1.165) is 12.5 Å². The molecule has 1 aromatic rings. The van der Waals surface area contributed by atoms with Gasteiger partial charge in [0.1, 0.15) is 0 Å². The molecule has 2 N–H and O–H groups in total. The van der Waals surface area contributed by atoms with Gasteiger partial charge in [-0.25, -0.2) is 0 Å². The summed E-state index contributed by atoms with van der Waals surface area (Å²) in [5, 5.41) is 11.4. The number of nitrogens with one attached hydrogen (secondary N) is 2. The van der Waals surface area contributed by atoms with Gasteiger partial charge in [-0.3, -0.25) is 5.10 Å². The van der Waals surface area contributed by atoms with Gasteiger partial charge in [0.25, 0.3) is 0 Å². The predicted molar refractivity (Wildman–Crippen MR) is 69.4 cm³/mol. The first-order chi connectivity index (χ1) is 8.36. The van der Waals surface area contributed by atoms with Gasteiger partial charge in [-0.05, 0) is 44.7 Å². The van der Waals surface area contributed by atoms with Crippen LogP contribution in [0.15, 0.2) is 0 Å². The quantitative estimate of drug-likeness (QED) is 0.824. The molecule has 1 unspecified atom stereocenters. The second-order valence-electron chi connectivity index (χ2n) is 5.67. The van der Waals surface area contributed by atoms with Gasteiger partial charge < -0.3 is 5.32 Å². The number of aromatic amines is 1. The van der Waals surface area contributed by atoms with E-state index in [4.69, 9.17) is 0 Å². The molecule has 3 rings (SSSR count). The highest BCUT2D eigenvalue weighted by Gasteiger charge is 2.26. The Balaban J connectivity index is 1.80. The lowest BCUT2D eigenvalue weighted by Crippen LogP contribution is -2.28. The van der Waals surface area contributed by atoms with E-state index >= 15 is 0 Å². The zero-order chi connectivity index (χ0) is 11.7. The molecule has 1 aromatic heterocycles. The number of hydrogen-bond acceptors (Lipinski definition) is 2. The number of piperidine rings is 1. The van der Waals surface area contributed by atoms with Crippen LogP contribution in [0.1, 0.15) is 67.3 Å². The first kappa shape index (κ1) is 11.3. The highest BCUT2D eigenvalue weighted by atomic mass is 15.1. The topological polar surface area (TPSA) is 40.7 Å². The van der Waals surface area contributed by atoms with Crippen LogP contribution in [0.25, 0.3) is 0 Å². The van der Waals surface area contributed by atoms with Crippen molar-refractivity contribution in [3.05, 3.63) is 17.0 Å². The predicted octanol–water partition coefficient (Wildman–Crippen LogP) is 2.84. The van der Waals surface area contributed by atoms with E-state index in [9.17, 15) is 0 Å². The maximum absolute atomic E-state index is 4.62. The minimum Gasteiger partial charge on any atom is -0.316 e. The number of aromatic nitrogens is 2. The van der Waals surface area contributed by atoms with Gasteiger partial charge in [0.15, 0.2) is 0 Å². The Morgan fingerprint density at radius 1 is 1.06 bits per heavy atom. The monoisotopic (exact) mass is 233 g/mol. The van der Waals surface area contributed by atoms with Crippen LogP contribution >= 0.6 is 0 Å². The zero-order valence-electron chi connectivity index (χ0n) is 10.8. The molecular formula is C14H23N3. The van der Waals surface area contributed by atoms with Crippen molar-refractivity contribution in [2.24, 2.45) is 0 Å². The minimum absolute atomic E-state index is 0.634. The van der Waals surface area contributed by atoms with Crippen molar-refractivity contribution in [2.45, 2.75) is 57.3 Å². The van der Waals surface area contributed by atoms with Gasteiger partial charge in [-0.15, -0.1) is 0 Å². The summed E-state index contributed by atoms with van der Waals surface area (Å²) in [6, 6.07) is 0. The van der Waals surface area contributed by atoms with E-state index in [-0.39, 0.29) is 0 Å². The summed E-state index contributed by atoms with van der Waals surface area (Å²) in [7, 11) is 0. The van der Waals surface area contributed by atoms with Crippen LogP contribution in [0.4, 0.5) is 0 Å². The molecule has 0 radical (unpaired) electrons. The highest BCUT2D eigenvalue weighted by Crippen LogP contribution is 2.37. The second-order valence-corrected chi connectivity index (χ2v) is 5.67. The number of H-pyrrole nitrogens is 1. The van der Waals surface area contributed by atoms with Crippen LogP contribution in [0, 0.1) is 6.92 Å². The van der Waals surface area contributed by atoms with E-state index in [2.05, 4.69) is 22.4 Å². The lowest BCUT2D eigenvalue weighted by molar-refractivity contribution is 0.453. The molecule has 0 amide bonds. The Hall–Kier alpha value is -0.830. The van der Waals surface area contributed by atoms with Gasteiger partial charge >= 0.3 is 0 Å². The molecule has 2 fully saturated rings. The van der Waals surface area contributed by atoms with Crippen molar-refractivity contribution in [1.29, 1.82) is 0 Å². The molecule has 94 valence electrons. The van der Waals surface area contributed by atoms with Gasteiger partial charge in [0.05, 0.1) is 5.69 Å². The lowest BCUT2D eigenvalue weighted by Gasteiger charge is -2.21. The first-order valence-corrected chi connectivity index (χ1v) is 7.11. The summed E-state index contributed by atoms with van der Waals surface area (Å²) in [6.45, 7) is 4.55. The van der Waals surface area contributed by atoms with Crippen molar-refractivity contribution in [3.8, 4) is 0 Å². The first-order valence-electron chi connectivity index (χ1n) is 7.11. The maximum Gasteiger partial charge on any atom is 0.0697 e. The van der Waals surface area contributed by atoms with E-state index < -0.39 is 0 Å². The normalized spacial score (nSPS) is 26.5. The molecule has 0 spiro atoms. The van der Waals surface area contributed by atoms with Crippen LogP contribution in [0.3, 0.4) is 0 Å². The molecule has 1 saturated heterocycles. The fourth-order valence-electron chi connectivity index (χ4n) is 3.52. The summed E-state index contributed by atoms with van der Waals surface area (Å²) in [5.74, 6) is 1.39. The van der Waals surface area contributed by atoms with E-state index in [1.807, 2.05) is 0 Å². The maximum atomic E-state index is 4.62.